The third kappa shape index (κ3) is 6.17. The normalized spacial score (nSPS) is 13.2. The molecular formula is C28H27ClN2O2. The van der Waals surface area contributed by atoms with Crippen molar-refractivity contribution in [3.8, 4) is 0 Å². The molecule has 1 N–H and O–H groups in total. The van der Waals surface area contributed by atoms with Crippen molar-refractivity contribution < 1.29 is 9.59 Å². The van der Waals surface area contributed by atoms with E-state index in [1.165, 1.54) is 5.56 Å². The van der Waals surface area contributed by atoms with Gasteiger partial charge >= 0.3 is 0 Å². The highest BCUT2D eigenvalue weighted by Crippen LogP contribution is 2.19. The number of hydrogen-bond acceptors (Lipinski definition) is 3. The summed E-state index contributed by atoms with van der Waals surface area (Å²) in [5.74, 6) is -0.255. The van der Waals surface area contributed by atoms with Crippen molar-refractivity contribution in [1.29, 1.82) is 0 Å². The number of unbranched alkanes of at least 4 members (excludes halogenated alkanes) is 1. The number of nitrogens with zero attached hydrogens (tertiary/aromatic N) is 1. The quantitative estimate of drug-likeness (QED) is 0.416. The Kier molecular flexibility index (Phi) is 7.69. The zero-order valence-electron chi connectivity index (χ0n) is 18.5. The molecule has 0 aromatic heterocycles. The molecule has 5 heteroatoms. The topological polar surface area (TPSA) is 58.5 Å². The van der Waals surface area contributed by atoms with Crippen LogP contribution in [0, 0.1) is 0 Å². The average molecular weight is 459 g/mol. The van der Waals surface area contributed by atoms with Crippen molar-refractivity contribution in [2.45, 2.75) is 44.7 Å². The molecule has 1 amide bonds. The van der Waals surface area contributed by atoms with Crippen LogP contribution in [0.5, 0.6) is 0 Å². The third-order valence-electron chi connectivity index (χ3n) is 5.92. The first-order chi connectivity index (χ1) is 16.1. The highest BCUT2D eigenvalue weighted by molar-refractivity contribution is 6.46. The standard InChI is InChI=1S/C28H27ClN2O2/c29-23-16-14-21(15-17-23)18-25(26(32)13-7-4-10-20-8-2-1-3-9-20)31-28(33)27-24-12-6-5-11-22(24)19-30-27/h1-3,5-6,8-9,11-12,14-17,25H,4,7,10,13,18-19H2,(H,31,33)/t25-/m0/s1. The molecule has 1 aliphatic rings. The van der Waals surface area contributed by atoms with Gasteiger partial charge in [0.2, 0.25) is 0 Å². The van der Waals surface area contributed by atoms with Gasteiger partial charge in [0.25, 0.3) is 5.91 Å². The van der Waals surface area contributed by atoms with Gasteiger partial charge in [0.05, 0.1) is 12.6 Å². The van der Waals surface area contributed by atoms with Gasteiger partial charge in [-0.2, -0.15) is 0 Å². The number of aliphatic imine (C=N–C) groups is 1. The number of aryl methyl sites for hydroxylation is 1. The second kappa shape index (κ2) is 11.1. The minimum atomic E-state index is -0.606. The smallest absolute Gasteiger partial charge is 0.270 e. The zero-order valence-corrected chi connectivity index (χ0v) is 19.2. The van der Waals surface area contributed by atoms with Crippen LogP contribution in [0.25, 0.3) is 0 Å². The highest BCUT2D eigenvalue weighted by Gasteiger charge is 2.26. The van der Waals surface area contributed by atoms with Gasteiger partial charge < -0.3 is 5.32 Å². The summed E-state index contributed by atoms with van der Waals surface area (Å²) >= 11 is 6.01. The summed E-state index contributed by atoms with van der Waals surface area (Å²) in [4.78, 5) is 30.6. The van der Waals surface area contributed by atoms with E-state index in [-0.39, 0.29) is 11.7 Å². The molecule has 0 unspecified atom stereocenters. The summed E-state index contributed by atoms with van der Waals surface area (Å²) in [6.45, 7) is 0.494. The van der Waals surface area contributed by atoms with E-state index < -0.39 is 6.04 Å². The molecule has 0 bridgehead atoms. The minimum absolute atomic E-state index is 0.0400. The average Bonchev–Trinajstić information content (AvgIpc) is 3.28. The number of fused-ring (bicyclic) bond motifs is 1. The van der Waals surface area contributed by atoms with Crippen molar-refractivity contribution in [3.63, 3.8) is 0 Å². The van der Waals surface area contributed by atoms with Crippen molar-refractivity contribution in [2.75, 3.05) is 0 Å². The Morgan fingerprint density at radius 3 is 2.39 bits per heavy atom. The van der Waals surface area contributed by atoms with Gasteiger partial charge in [0.1, 0.15) is 5.71 Å². The molecule has 33 heavy (non-hydrogen) atoms. The first-order valence-corrected chi connectivity index (χ1v) is 11.7. The first kappa shape index (κ1) is 22.9. The second-order valence-corrected chi connectivity index (χ2v) is 8.77. The monoisotopic (exact) mass is 458 g/mol. The van der Waals surface area contributed by atoms with Crippen LogP contribution in [-0.2, 0) is 29.0 Å². The van der Waals surface area contributed by atoms with Gasteiger partial charge in [-0.05, 0) is 54.5 Å². The Morgan fingerprint density at radius 2 is 1.61 bits per heavy atom. The van der Waals surface area contributed by atoms with Gasteiger partial charge in [0.15, 0.2) is 5.78 Å². The number of carbonyl (C=O) groups excluding carboxylic acids is 2. The molecular weight excluding hydrogens is 432 g/mol. The number of benzene rings is 3. The predicted molar refractivity (Wildman–Crippen MR) is 133 cm³/mol. The molecule has 3 aromatic carbocycles. The minimum Gasteiger partial charge on any atom is -0.341 e. The van der Waals surface area contributed by atoms with Gasteiger partial charge in [-0.25, -0.2) is 0 Å². The Bertz CT molecular complexity index is 1140. The number of nitrogens with one attached hydrogen (secondary N) is 1. The number of amides is 1. The first-order valence-electron chi connectivity index (χ1n) is 11.3. The molecule has 3 aromatic rings. The van der Waals surface area contributed by atoms with E-state index in [1.54, 1.807) is 12.1 Å². The molecule has 4 nitrogen and oxygen atoms in total. The van der Waals surface area contributed by atoms with Crippen LogP contribution in [0.3, 0.4) is 0 Å². The summed E-state index contributed by atoms with van der Waals surface area (Å²) in [5.41, 5.74) is 4.51. The molecule has 1 aliphatic heterocycles. The molecule has 0 aliphatic carbocycles. The van der Waals surface area contributed by atoms with Crippen LogP contribution in [0.1, 0.15) is 41.5 Å². The molecule has 1 heterocycles. The Hall–Kier alpha value is -3.24. The van der Waals surface area contributed by atoms with E-state index in [2.05, 4.69) is 22.4 Å². The van der Waals surface area contributed by atoms with Crippen LogP contribution >= 0.6 is 11.6 Å². The predicted octanol–water partition coefficient (Wildman–Crippen LogP) is 5.35. The van der Waals surface area contributed by atoms with Crippen LogP contribution in [0.4, 0.5) is 0 Å². The van der Waals surface area contributed by atoms with Crippen molar-refractivity contribution in [1.82, 2.24) is 5.32 Å². The molecule has 4 rings (SSSR count). The lowest BCUT2D eigenvalue weighted by atomic mass is 9.97. The van der Waals surface area contributed by atoms with Crippen molar-refractivity contribution in [3.05, 3.63) is 106 Å². The number of halogens is 1. The summed E-state index contributed by atoms with van der Waals surface area (Å²) in [6, 6.07) is 24.8. The summed E-state index contributed by atoms with van der Waals surface area (Å²) in [6.07, 6.45) is 3.50. The largest absolute Gasteiger partial charge is 0.341 e. The molecule has 0 radical (unpaired) electrons. The lowest BCUT2D eigenvalue weighted by molar-refractivity contribution is -0.125. The van der Waals surface area contributed by atoms with E-state index in [0.29, 0.717) is 30.1 Å². The van der Waals surface area contributed by atoms with E-state index in [1.807, 2.05) is 54.6 Å². The van der Waals surface area contributed by atoms with Gasteiger partial charge in [-0.15, -0.1) is 0 Å². The maximum absolute atomic E-state index is 13.1. The molecule has 0 saturated heterocycles. The van der Waals surface area contributed by atoms with E-state index in [9.17, 15) is 9.59 Å². The fourth-order valence-corrected chi connectivity index (χ4v) is 4.23. The molecule has 0 spiro atoms. The molecule has 0 saturated carbocycles. The van der Waals surface area contributed by atoms with Gasteiger partial charge in [-0.1, -0.05) is 78.3 Å². The molecule has 1 atom stereocenters. The van der Waals surface area contributed by atoms with Crippen LogP contribution in [-0.4, -0.2) is 23.4 Å². The zero-order chi connectivity index (χ0) is 23.0. The van der Waals surface area contributed by atoms with E-state index >= 15 is 0 Å². The lowest BCUT2D eigenvalue weighted by Gasteiger charge is -2.18. The van der Waals surface area contributed by atoms with Gasteiger partial charge in [-0.3, -0.25) is 14.6 Å². The summed E-state index contributed by atoms with van der Waals surface area (Å²) in [5, 5.41) is 3.61. The number of hydrogen-bond donors (Lipinski definition) is 1. The van der Waals surface area contributed by atoms with Crippen LogP contribution in [0.2, 0.25) is 5.02 Å². The van der Waals surface area contributed by atoms with Gasteiger partial charge in [0, 0.05) is 17.0 Å². The Labute approximate surface area is 199 Å². The Morgan fingerprint density at radius 1 is 0.879 bits per heavy atom. The van der Waals surface area contributed by atoms with E-state index in [0.717, 1.165) is 36.0 Å². The Balaban J connectivity index is 1.40. The lowest BCUT2D eigenvalue weighted by Crippen LogP contribution is -2.45. The maximum atomic E-state index is 13.1. The summed E-state index contributed by atoms with van der Waals surface area (Å²) in [7, 11) is 0. The second-order valence-electron chi connectivity index (χ2n) is 8.34. The fourth-order valence-electron chi connectivity index (χ4n) is 4.11. The number of Topliss-reactive ketones (excluding diaryl/α,β-unsaturated/α-hetero) is 1. The molecule has 168 valence electrons. The third-order valence-corrected chi connectivity index (χ3v) is 6.18. The van der Waals surface area contributed by atoms with Crippen LogP contribution in [0.15, 0.2) is 83.9 Å². The number of ketones is 1. The van der Waals surface area contributed by atoms with Crippen LogP contribution < -0.4 is 5.32 Å². The SMILES string of the molecule is O=C(N[C@@H](Cc1ccc(Cl)cc1)C(=O)CCCCc1ccccc1)C1=NCc2ccccc21. The van der Waals surface area contributed by atoms with E-state index in [4.69, 9.17) is 11.6 Å². The fraction of sp³-hybridized carbons (Fsp3) is 0.250. The maximum Gasteiger partial charge on any atom is 0.270 e. The van der Waals surface area contributed by atoms with Crippen molar-refractivity contribution in [2.24, 2.45) is 4.99 Å². The summed E-state index contributed by atoms with van der Waals surface area (Å²) < 4.78 is 0. The highest BCUT2D eigenvalue weighted by atomic mass is 35.5. The number of rotatable bonds is 10. The van der Waals surface area contributed by atoms with Crippen molar-refractivity contribution >= 4 is 29.0 Å². The molecule has 0 fully saturated rings. The number of carbonyl (C=O) groups is 2.